The number of rotatable bonds is 7. The van der Waals surface area contributed by atoms with Crippen molar-refractivity contribution in [2.24, 2.45) is 46.3 Å². The van der Waals surface area contributed by atoms with Crippen molar-refractivity contribution in [3.05, 3.63) is 0 Å². The lowest BCUT2D eigenvalue weighted by Crippen LogP contribution is -2.62. The monoisotopic (exact) mass is 515 g/mol. The van der Waals surface area contributed by atoms with Gasteiger partial charge in [-0.1, -0.05) is 20.8 Å². The summed E-state index contributed by atoms with van der Waals surface area (Å²) in [5, 5.41) is 35.8. The van der Waals surface area contributed by atoms with Gasteiger partial charge in [0.05, 0.1) is 24.1 Å². The fraction of sp³-hybridized carbons (Fsp3) is 0.962. The van der Waals surface area contributed by atoms with E-state index in [1.165, 1.54) is 0 Å². The zero-order chi connectivity index (χ0) is 25.8. The topological polar surface area (TPSA) is 144 Å². The fourth-order valence-electron chi connectivity index (χ4n) is 9.10. The Morgan fingerprint density at radius 1 is 1.06 bits per heavy atom. The number of hydrogen-bond donors (Lipinski definition) is 5. The Hall–Kier alpha value is -0.740. The Kier molecular flexibility index (Phi) is 7.69. The van der Waals surface area contributed by atoms with Gasteiger partial charge in [0.15, 0.2) is 0 Å². The molecule has 11 atom stereocenters. The van der Waals surface area contributed by atoms with Gasteiger partial charge in [-0.2, -0.15) is 8.42 Å². The van der Waals surface area contributed by atoms with Gasteiger partial charge in [0, 0.05) is 13.0 Å². The van der Waals surface area contributed by atoms with E-state index in [-0.39, 0.29) is 65.4 Å². The number of fused-ring (bicyclic) bond motifs is 5. The lowest BCUT2D eigenvalue weighted by atomic mass is 9.43. The van der Waals surface area contributed by atoms with Crippen LogP contribution in [0.25, 0.3) is 0 Å². The second-order valence-electron chi connectivity index (χ2n) is 12.7. The number of aliphatic hydroxyl groups is 3. The molecule has 0 aromatic carbocycles. The van der Waals surface area contributed by atoms with Crippen LogP contribution in [0.15, 0.2) is 0 Å². The van der Waals surface area contributed by atoms with Crippen LogP contribution in [0.1, 0.15) is 78.6 Å². The third-order valence-corrected chi connectivity index (χ3v) is 11.7. The third-order valence-electron chi connectivity index (χ3n) is 11.0. The van der Waals surface area contributed by atoms with Gasteiger partial charge in [-0.25, -0.2) is 0 Å². The maximum atomic E-state index is 12.2. The molecular weight excluding hydrogens is 470 g/mol. The second-order valence-corrected chi connectivity index (χ2v) is 14.2. The van der Waals surface area contributed by atoms with Crippen LogP contribution in [0.2, 0.25) is 0 Å². The quantitative estimate of drug-likeness (QED) is 0.327. The molecule has 0 aromatic rings. The maximum Gasteiger partial charge on any atom is 0.266 e. The highest BCUT2D eigenvalue weighted by Crippen LogP contribution is 2.68. The highest BCUT2D eigenvalue weighted by atomic mass is 32.2. The molecule has 5 unspecified atom stereocenters. The predicted octanol–water partition coefficient (Wildman–Crippen LogP) is 2.37. The van der Waals surface area contributed by atoms with E-state index in [4.69, 9.17) is 4.55 Å². The number of nitrogens with one attached hydrogen (secondary N) is 1. The van der Waals surface area contributed by atoms with Crippen molar-refractivity contribution in [3.63, 3.8) is 0 Å². The Balaban J connectivity index is 1.43. The van der Waals surface area contributed by atoms with Crippen LogP contribution < -0.4 is 5.32 Å². The van der Waals surface area contributed by atoms with Crippen LogP contribution in [-0.4, -0.2) is 64.8 Å². The highest BCUT2D eigenvalue weighted by molar-refractivity contribution is 7.85. The van der Waals surface area contributed by atoms with Crippen LogP contribution >= 0.6 is 0 Å². The molecule has 4 aliphatic carbocycles. The molecule has 0 bridgehead atoms. The Labute approximate surface area is 210 Å². The second kappa shape index (κ2) is 9.86. The average molecular weight is 516 g/mol. The van der Waals surface area contributed by atoms with Gasteiger partial charge in [-0.3, -0.25) is 9.35 Å². The molecule has 0 spiro atoms. The van der Waals surface area contributed by atoms with Crippen molar-refractivity contribution in [2.45, 2.75) is 96.9 Å². The van der Waals surface area contributed by atoms with Gasteiger partial charge in [0.25, 0.3) is 10.1 Å². The summed E-state index contributed by atoms with van der Waals surface area (Å²) in [5.41, 5.74) is -0.254. The average Bonchev–Trinajstić information content (AvgIpc) is 3.12. The Morgan fingerprint density at radius 3 is 2.46 bits per heavy atom. The van der Waals surface area contributed by atoms with Gasteiger partial charge in [-0.05, 0) is 97.7 Å². The number of hydrogen-bond acceptors (Lipinski definition) is 6. The molecule has 35 heavy (non-hydrogen) atoms. The van der Waals surface area contributed by atoms with Crippen molar-refractivity contribution in [3.8, 4) is 0 Å². The SMILES string of the molecule is CC(CCC(=O)NCCS(=O)(=O)O)[C@H]1CCC2C3C(O)C[C@@H]4C[C@H](O)CC[C@]4(C)C3C[C@H](O)[C@@]21C. The number of amides is 1. The zero-order valence-electron chi connectivity index (χ0n) is 21.4. The molecular formula is C26H45NO7S. The van der Waals surface area contributed by atoms with Gasteiger partial charge in [-0.15, -0.1) is 0 Å². The summed E-state index contributed by atoms with van der Waals surface area (Å²) >= 11 is 0. The van der Waals surface area contributed by atoms with Crippen molar-refractivity contribution in [2.75, 3.05) is 12.3 Å². The van der Waals surface area contributed by atoms with Crippen LogP contribution in [0, 0.1) is 46.3 Å². The molecule has 0 aliphatic heterocycles. The van der Waals surface area contributed by atoms with E-state index in [1.807, 2.05) is 0 Å². The van der Waals surface area contributed by atoms with Crippen LogP contribution in [0.3, 0.4) is 0 Å². The number of carbonyl (C=O) groups excluding carboxylic acids is 1. The van der Waals surface area contributed by atoms with Gasteiger partial charge < -0.3 is 20.6 Å². The van der Waals surface area contributed by atoms with E-state index in [0.29, 0.717) is 18.8 Å². The first-order valence-corrected chi connectivity index (χ1v) is 15.1. The molecule has 4 saturated carbocycles. The Morgan fingerprint density at radius 2 is 1.77 bits per heavy atom. The molecule has 4 aliphatic rings. The lowest BCUT2D eigenvalue weighted by molar-refractivity contribution is -0.207. The van der Waals surface area contributed by atoms with E-state index in [0.717, 1.165) is 38.5 Å². The smallest absolute Gasteiger partial charge is 0.266 e. The first-order valence-electron chi connectivity index (χ1n) is 13.5. The summed E-state index contributed by atoms with van der Waals surface area (Å²) < 4.78 is 30.5. The van der Waals surface area contributed by atoms with E-state index in [9.17, 15) is 28.5 Å². The van der Waals surface area contributed by atoms with Gasteiger partial charge in [0.1, 0.15) is 0 Å². The summed E-state index contributed by atoms with van der Waals surface area (Å²) in [6.07, 6.45) is 5.67. The van der Waals surface area contributed by atoms with Crippen LogP contribution in [0.5, 0.6) is 0 Å². The summed E-state index contributed by atoms with van der Waals surface area (Å²) in [7, 11) is -4.10. The van der Waals surface area contributed by atoms with Crippen molar-refractivity contribution in [1.82, 2.24) is 5.32 Å². The minimum atomic E-state index is -4.10. The number of carbonyl (C=O) groups is 1. The summed E-state index contributed by atoms with van der Waals surface area (Å²) in [5.74, 6) is 0.705. The van der Waals surface area contributed by atoms with Crippen LogP contribution in [0.4, 0.5) is 0 Å². The zero-order valence-corrected chi connectivity index (χ0v) is 22.2. The van der Waals surface area contributed by atoms with Crippen molar-refractivity contribution in [1.29, 1.82) is 0 Å². The number of aliphatic hydroxyl groups excluding tert-OH is 3. The Bertz CT molecular complexity index is 896. The molecule has 202 valence electrons. The first-order chi connectivity index (χ1) is 16.3. The van der Waals surface area contributed by atoms with E-state index >= 15 is 0 Å². The van der Waals surface area contributed by atoms with Gasteiger partial charge in [0.2, 0.25) is 5.91 Å². The molecule has 0 radical (unpaired) electrons. The molecule has 4 fully saturated rings. The van der Waals surface area contributed by atoms with Crippen LogP contribution in [-0.2, 0) is 14.9 Å². The molecule has 9 heteroatoms. The fourth-order valence-corrected chi connectivity index (χ4v) is 9.46. The van der Waals surface area contributed by atoms with E-state index < -0.39 is 28.1 Å². The minimum Gasteiger partial charge on any atom is -0.393 e. The largest absolute Gasteiger partial charge is 0.393 e. The molecule has 5 N–H and O–H groups in total. The lowest BCUT2D eigenvalue weighted by Gasteiger charge is -2.63. The predicted molar refractivity (Wildman–Crippen MR) is 132 cm³/mol. The van der Waals surface area contributed by atoms with E-state index in [1.54, 1.807) is 0 Å². The summed E-state index contributed by atoms with van der Waals surface area (Å²) in [4.78, 5) is 12.2. The molecule has 4 rings (SSSR count). The molecule has 0 aromatic heterocycles. The summed E-state index contributed by atoms with van der Waals surface area (Å²) in [6.45, 7) is 6.56. The standard InChI is InChI=1S/C26H45NO7S/c1-15(4-7-23(31)27-10-11-35(32,33)34)18-5-6-19-24-20(14-22(30)26(18,19)3)25(2)9-8-17(28)12-16(25)13-21(24)29/h15-22,24,28-30H,4-14H2,1-3H3,(H,27,31)(H,32,33,34)/t15?,16-,17+,18+,19?,20?,21?,22-,24?,25-,26+/m0/s1. The first kappa shape index (κ1) is 27.3. The van der Waals surface area contributed by atoms with E-state index in [2.05, 4.69) is 26.1 Å². The normalized spacial score (nSPS) is 46.3. The van der Waals surface area contributed by atoms with Crippen molar-refractivity contribution < 1.29 is 33.1 Å². The molecule has 0 saturated heterocycles. The third kappa shape index (κ3) is 5.05. The van der Waals surface area contributed by atoms with Crippen molar-refractivity contribution >= 4 is 16.0 Å². The molecule has 8 nitrogen and oxygen atoms in total. The molecule has 1 amide bonds. The maximum absolute atomic E-state index is 12.2. The highest BCUT2D eigenvalue weighted by Gasteiger charge is 2.65. The minimum absolute atomic E-state index is 0.0509. The van der Waals surface area contributed by atoms with Gasteiger partial charge >= 0.3 is 0 Å². The summed E-state index contributed by atoms with van der Waals surface area (Å²) in [6, 6.07) is 0. The molecule has 0 heterocycles.